The van der Waals surface area contributed by atoms with Crippen molar-refractivity contribution in [1.82, 2.24) is 30.5 Å². The summed E-state index contributed by atoms with van der Waals surface area (Å²) in [7, 11) is 2.12. The molecule has 2 aromatic carbocycles. The van der Waals surface area contributed by atoms with E-state index in [0.29, 0.717) is 5.82 Å². The van der Waals surface area contributed by atoms with Gasteiger partial charge in [0.25, 0.3) is 0 Å². The molecule has 0 aliphatic rings. The van der Waals surface area contributed by atoms with Crippen molar-refractivity contribution in [3.63, 3.8) is 0 Å². The molecule has 6 nitrogen and oxygen atoms in total. The summed E-state index contributed by atoms with van der Waals surface area (Å²) in [6.07, 6.45) is 1.82. The maximum absolute atomic E-state index is 4.37. The maximum atomic E-state index is 4.37. The fourth-order valence-corrected chi connectivity index (χ4v) is 3.00. The Morgan fingerprint density at radius 1 is 0.960 bits per heavy atom. The van der Waals surface area contributed by atoms with Gasteiger partial charge in [0.2, 0.25) is 5.82 Å². The number of H-pyrrole nitrogens is 1. The van der Waals surface area contributed by atoms with E-state index in [1.807, 2.05) is 24.4 Å². The van der Waals surface area contributed by atoms with E-state index in [-0.39, 0.29) is 0 Å². The van der Waals surface area contributed by atoms with Gasteiger partial charge >= 0.3 is 0 Å². The van der Waals surface area contributed by atoms with E-state index in [1.165, 1.54) is 16.5 Å². The number of fused-ring (bicyclic) bond motifs is 1. The highest BCUT2D eigenvalue weighted by Crippen LogP contribution is 2.18. The molecule has 4 rings (SSSR count). The average Bonchev–Trinajstić information content (AvgIpc) is 3.16. The molecule has 25 heavy (non-hydrogen) atoms. The molecule has 2 heterocycles. The van der Waals surface area contributed by atoms with Crippen molar-refractivity contribution >= 4 is 10.9 Å². The Morgan fingerprint density at radius 2 is 1.84 bits per heavy atom. The van der Waals surface area contributed by atoms with Crippen LogP contribution in [0.4, 0.5) is 0 Å². The molecule has 0 unspecified atom stereocenters. The van der Waals surface area contributed by atoms with Crippen LogP contribution in [0.25, 0.3) is 22.3 Å². The quantitative estimate of drug-likeness (QED) is 0.609. The first kappa shape index (κ1) is 15.4. The topological polar surface area (TPSA) is 70.6 Å². The molecule has 0 amide bonds. The number of pyridine rings is 1. The van der Waals surface area contributed by atoms with Crippen LogP contribution in [0.2, 0.25) is 0 Å². The molecule has 0 bridgehead atoms. The van der Waals surface area contributed by atoms with Crippen molar-refractivity contribution in [3.8, 4) is 11.4 Å². The molecule has 0 aliphatic carbocycles. The summed E-state index contributed by atoms with van der Waals surface area (Å²) >= 11 is 0. The lowest BCUT2D eigenvalue weighted by Crippen LogP contribution is -2.17. The van der Waals surface area contributed by atoms with Crippen molar-refractivity contribution in [1.29, 1.82) is 0 Å². The van der Waals surface area contributed by atoms with Crippen molar-refractivity contribution in [3.05, 3.63) is 71.9 Å². The summed E-state index contributed by atoms with van der Waals surface area (Å²) in [5, 5.41) is 15.4. The lowest BCUT2D eigenvalue weighted by molar-refractivity contribution is 0.319. The molecule has 0 saturated heterocycles. The van der Waals surface area contributed by atoms with Crippen molar-refractivity contribution in [2.75, 3.05) is 7.05 Å². The number of aromatic nitrogens is 5. The Balaban J connectivity index is 1.48. The number of hydrogen-bond acceptors (Lipinski definition) is 5. The minimum atomic E-state index is 0.617. The molecule has 0 aliphatic heterocycles. The second-order valence-electron chi connectivity index (χ2n) is 6.14. The van der Waals surface area contributed by atoms with E-state index in [0.717, 1.165) is 24.2 Å². The van der Waals surface area contributed by atoms with Gasteiger partial charge in [-0.2, -0.15) is 5.21 Å². The molecule has 6 heteroatoms. The van der Waals surface area contributed by atoms with E-state index in [2.05, 4.69) is 74.0 Å². The van der Waals surface area contributed by atoms with Gasteiger partial charge in [0.15, 0.2) is 0 Å². The highest BCUT2D eigenvalue weighted by molar-refractivity contribution is 5.78. The van der Waals surface area contributed by atoms with Crippen LogP contribution in [0.3, 0.4) is 0 Å². The van der Waals surface area contributed by atoms with Crippen LogP contribution >= 0.6 is 0 Å². The van der Waals surface area contributed by atoms with Crippen LogP contribution in [-0.2, 0) is 13.1 Å². The van der Waals surface area contributed by atoms with E-state index in [4.69, 9.17) is 0 Å². The minimum absolute atomic E-state index is 0.617. The van der Waals surface area contributed by atoms with E-state index in [1.54, 1.807) is 0 Å². The molecule has 0 spiro atoms. The molecule has 0 saturated carbocycles. The molecule has 0 radical (unpaired) electrons. The first-order valence-electron chi connectivity index (χ1n) is 8.13. The second-order valence-corrected chi connectivity index (χ2v) is 6.14. The summed E-state index contributed by atoms with van der Waals surface area (Å²) in [6, 6.07) is 18.7. The third-order valence-electron chi connectivity index (χ3n) is 4.10. The Kier molecular flexibility index (Phi) is 4.18. The molecular formula is C19H18N6. The average molecular weight is 330 g/mol. The van der Waals surface area contributed by atoms with Crippen molar-refractivity contribution < 1.29 is 0 Å². The summed E-state index contributed by atoms with van der Waals surface area (Å²) in [4.78, 5) is 6.65. The highest BCUT2D eigenvalue weighted by Gasteiger charge is 2.07. The minimum Gasteiger partial charge on any atom is -0.298 e. The van der Waals surface area contributed by atoms with Gasteiger partial charge in [-0.05, 0) is 47.7 Å². The first-order chi connectivity index (χ1) is 12.3. The Morgan fingerprint density at radius 3 is 2.68 bits per heavy atom. The van der Waals surface area contributed by atoms with Gasteiger partial charge in [-0.15, -0.1) is 10.2 Å². The zero-order valence-corrected chi connectivity index (χ0v) is 13.9. The van der Waals surface area contributed by atoms with Crippen LogP contribution in [0, 0.1) is 0 Å². The van der Waals surface area contributed by atoms with Crippen LogP contribution in [0.1, 0.15) is 11.1 Å². The fraction of sp³-hybridized carbons (Fsp3) is 0.158. The molecule has 1 N–H and O–H groups in total. The largest absolute Gasteiger partial charge is 0.298 e. The van der Waals surface area contributed by atoms with E-state index >= 15 is 0 Å². The number of nitrogens with zero attached hydrogens (tertiary/aromatic N) is 5. The SMILES string of the molecule is CN(Cc1cccc(-c2nn[nH]n2)c1)Cc1ccc2ncccc2c1. The molecule has 4 aromatic rings. The lowest BCUT2D eigenvalue weighted by Gasteiger charge is -2.17. The number of benzene rings is 2. The molecule has 0 atom stereocenters. The van der Waals surface area contributed by atoms with Crippen LogP contribution in [0.5, 0.6) is 0 Å². The van der Waals surface area contributed by atoms with Gasteiger partial charge in [-0.25, -0.2) is 0 Å². The van der Waals surface area contributed by atoms with E-state index < -0.39 is 0 Å². The zero-order chi connectivity index (χ0) is 17.1. The third-order valence-corrected chi connectivity index (χ3v) is 4.10. The van der Waals surface area contributed by atoms with Crippen LogP contribution in [-0.4, -0.2) is 37.6 Å². The summed E-state index contributed by atoms with van der Waals surface area (Å²) < 4.78 is 0. The number of tetrazole rings is 1. The monoisotopic (exact) mass is 330 g/mol. The summed E-state index contributed by atoms with van der Waals surface area (Å²) in [5.74, 6) is 0.617. The van der Waals surface area contributed by atoms with Gasteiger partial charge in [0, 0.05) is 30.2 Å². The first-order valence-corrected chi connectivity index (χ1v) is 8.13. The Hall–Kier alpha value is -3.12. The van der Waals surface area contributed by atoms with Gasteiger partial charge in [-0.1, -0.05) is 30.3 Å². The predicted octanol–water partition coefficient (Wildman–Crippen LogP) is 3.05. The maximum Gasteiger partial charge on any atom is 0.204 e. The van der Waals surface area contributed by atoms with Crippen LogP contribution in [0.15, 0.2) is 60.8 Å². The zero-order valence-electron chi connectivity index (χ0n) is 13.9. The van der Waals surface area contributed by atoms with Gasteiger partial charge in [0.1, 0.15) is 0 Å². The van der Waals surface area contributed by atoms with Crippen molar-refractivity contribution in [2.45, 2.75) is 13.1 Å². The predicted molar refractivity (Wildman–Crippen MR) is 96.5 cm³/mol. The summed E-state index contributed by atoms with van der Waals surface area (Å²) in [5.41, 5.74) is 4.49. The van der Waals surface area contributed by atoms with Gasteiger partial charge < -0.3 is 0 Å². The Labute approximate surface area is 145 Å². The smallest absolute Gasteiger partial charge is 0.204 e. The lowest BCUT2D eigenvalue weighted by atomic mass is 10.1. The second kappa shape index (κ2) is 6.78. The highest BCUT2D eigenvalue weighted by atomic mass is 15.5. The number of hydrogen-bond donors (Lipinski definition) is 1. The van der Waals surface area contributed by atoms with E-state index in [9.17, 15) is 0 Å². The fourth-order valence-electron chi connectivity index (χ4n) is 3.00. The number of nitrogens with one attached hydrogen (secondary N) is 1. The third kappa shape index (κ3) is 3.54. The standard InChI is InChI=1S/C19H18N6/c1-25(13-15-7-8-18-16(10-15)6-3-9-20-18)12-14-4-2-5-17(11-14)19-21-23-24-22-19/h2-11H,12-13H2,1H3,(H,21,22,23,24). The molecule has 124 valence electrons. The molecule has 2 aromatic heterocycles. The number of aromatic amines is 1. The van der Waals surface area contributed by atoms with Gasteiger partial charge in [0.05, 0.1) is 5.52 Å². The number of rotatable bonds is 5. The summed E-state index contributed by atoms with van der Waals surface area (Å²) in [6.45, 7) is 1.72. The Bertz CT molecular complexity index is 980. The van der Waals surface area contributed by atoms with Gasteiger partial charge in [-0.3, -0.25) is 9.88 Å². The normalized spacial score (nSPS) is 11.3. The molecular weight excluding hydrogens is 312 g/mol. The van der Waals surface area contributed by atoms with Crippen LogP contribution < -0.4 is 0 Å². The molecule has 0 fully saturated rings. The van der Waals surface area contributed by atoms with Crippen molar-refractivity contribution in [2.24, 2.45) is 0 Å².